The summed E-state index contributed by atoms with van der Waals surface area (Å²) in [5.41, 5.74) is 8.00. The van der Waals surface area contributed by atoms with Gasteiger partial charge in [-0.05, 0) is 19.1 Å². The highest BCUT2D eigenvalue weighted by molar-refractivity contribution is 7.16. The molecular weight excluding hydrogens is 240 g/mol. The third kappa shape index (κ3) is 2.20. The number of nitrogens with two attached hydrogens (primary N) is 1. The fraction of sp³-hybridized carbons (Fsp3) is 0.300. The van der Waals surface area contributed by atoms with Crippen molar-refractivity contribution < 1.29 is 4.92 Å². The van der Waals surface area contributed by atoms with Crippen LogP contribution in [0.5, 0.6) is 0 Å². The average Bonchev–Trinajstić information content (AvgIpc) is 2.75. The zero-order valence-electron chi connectivity index (χ0n) is 9.21. The van der Waals surface area contributed by atoms with E-state index in [4.69, 9.17) is 5.73 Å². The van der Waals surface area contributed by atoms with E-state index in [0.717, 1.165) is 4.70 Å². The lowest BCUT2D eigenvalue weighted by Crippen LogP contribution is -2.25. The number of benzene rings is 1. The molecule has 1 unspecified atom stereocenters. The quantitative estimate of drug-likeness (QED) is 0.640. The van der Waals surface area contributed by atoms with Gasteiger partial charge in [-0.2, -0.15) is 0 Å². The summed E-state index contributed by atoms with van der Waals surface area (Å²) < 4.78 is 0.808. The molecule has 0 fully saturated rings. The molecule has 0 bridgehead atoms. The summed E-state index contributed by atoms with van der Waals surface area (Å²) in [5.74, 6) is 0. The van der Waals surface area contributed by atoms with E-state index in [2.05, 4.69) is 10.3 Å². The van der Waals surface area contributed by atoms with Gasteiger partial charge in [-0.15, -0.1) is 11.3 Å². The zero-order chi connectivity index (χ0) is 12.4. The molecule has 1 aromatic carbocycles. The molecule has 1 atom stereocenters. The third-order valence-electron chi connectivity index (χ3n) is 2.41. The van der Waals surface area contributed by atoms with Gasteiger partial charge in [0.1, 0.15) is 5.69 Å². The van der Waals surface area contributed by atoms with Gasteiger partial charge in [-0.25, -0.2) is 4.98 Å². The maximum atomic E-state index is 11.1. The van der Waals surface area contributed by atoms with Gasteiger partial charge in [0, 0.05) is 12.6 Å². The minimum Gasteiger partial charge on any atom is -0.376 e. The zero-order valence-corrected chi connectivity index (χ0v) is 10.0. The molecule has 1 heterocycles. The first kappa shape index (κ1) is 11.7. The van der Waals surface area contributed by atoms with Crippen molar-refractivity contribution >= 4 is 32.9 Å². The standard InChI is InChI=1S/C10H12N4O2S/c1-6(4-11)13-7-2-3-8-9(12-5-17-8)10(7)14(15)16/h2-3,5-6,13H,4,11H2,1H3. The highest BCUT2D eigenvalue weighted by atomic mass is 32.1. The van der Waals surface area contributed by atoms with Crippen LogP contribution in [-0.2, 0) is 0 Å². The number of fused-ring (bicyclic) bond motifs is 1. The predicted molar refractivity (Wildman–Crippen MR) is 68.4 cm³/mol. The summed E-state index contributed by atoms with van der Waals surface area (Å²) in [6.45, 7) is 2.28. The maximum Gasteiger partial charge on any atom is 0.319 e. The normalized spacial score (nSPS) is 12.6. The van der Waals surface area contributed by atoms with Crippen molar-refractivity contribution in [3.05, 3.63) is 27.8 Å². The van der Waals surface area contributed by atoms with Crippen LogP contribution < -0.4 is 11.1 Å². The minimum atomic E-state index is -0.409. The Balaban J connectivity index is 2.54. The number of hydrogen-bond acceptors (Lipinski definition) is 6. The van der Waals surface area contributed by atoms with Crippen molar-refractivity contribution in [2.45, 2.75) is 13.0 Å². The smallest absolute Gasteiger partial charge is 0.319 e. The molecule has 6 nitrogen and oxygen atoms in total. The second-order valence-corrected chi connectivity index (χ2v) is 4.59. The van der Waals surface area contributed by atoms with Gasteiger partial charge in [-0.1, -0.05) is 0 Å². The second kappa shape index (κ2) is 4.64. The molecule has 1 aromatic heterocycles. The minimum absolute atomic E-state index is 0.0176. The molecule has 0 aliphatic carbocycles. The van der Waals surface area contributed by atoms with Crippen molar-refractivity contribution in [1.82, 2.24) is 4.98 Å². The van der Waals surface area contributed by atoms with Gasteiger partial charge in [0.15, 0.2) is 5.52 Å². The lowest BCUT2D eigenvalue weighted by Gasteiger charge is -2.12. The molecule has 0 spiro atoms. The number of hydrogen-bond donors (Lipinski definition) is 2. The van der Waals surface area contributed by atoms with Gasteiger partial charge < -0.3 is 11.1 Å². The van der Waals surface area contributed by atoms with E-state index in [0.29, 0.717) is 17.7 Å². The van der Waals surface area contributed by atoms with Crippen LogP contribution in [0, 0.1) is 10.1 Å². The van der Waals surface area contributed by atoms with Gasteiger partial charge in [0.2, 0.25) is 0 Å². The number of rotatable bonds is 4. The number of nitro benzene ring substituents is 1. The third-order valence-corrected chi connectivity index (χ3v) is 3.21. The molecule has 0 amide bonds. The summed E-state index contributed by atoms with van der Waals surface area (Å²) >= 11 is 1.38. The maximum absolute atomic E-state index is 11.1. The fourth-order valence-electron chi connectivity index (χ4n) is 1.54. The van der Waals surface area contributed by atoms with Gasteiger partial charge in [0.25, 0.3) is 0 Å². The Bertz CT molecular complexity index is 554. The highest BCUT2D eigenvalue weighted by Gasteiger charge is 2.21. The molecular formula is C10H12N4O2S. The first-order valence-corrected chi connectivity index (χ1v) is 5.98. The molecule has 0 aliphatic heterocycles. The predicted octanol–water partition coefficient (Wildman–Crippen LogP) is 1.96. The first-order chi connectivity index (χ1) is 8.13. The summed E-state index contributed by atoms with van der Waals surface area (Å²) in [4.78, 5) is 14.7. The van der Waals surface area contributed by atoms with Crippen LogP contribution in [0.25, 0.3) is 10.2 Å². The van der Waals surface area contributed by atoms with E-state index < -0.39 is 4.92 Å². The molecule has 0 aliphatic rings. The lowest BCUT2D eigenvalue weighted by molar-refractivity contribution is -0.382. The van der Waals surface area contributed by atoms with Crippen molar-refractivity contribution in [3.8, 4) is 0 Å². The van der Waals surface area contributed by atoms with E-state index in [1.165, 1.54) is 11.3 Å². The Hall–Kier alpha value is -1.73. The molecule has 0 radical (unpaired) electrons. The summed E-state index contributed by atoms with van der Waals surface area (Å²) in [6.07, 6.45) is 0. The molecule has 2 aromatic rings. The molecule has 90 valence electrons. The highest BCUT2D eigenvalue weighted by Crippen LogP contribution is 2.34. The van der Waals surface area contributed by atoms with Crippen LogP contribution in [0.15, 0.2) is 17.6 Å². The van der Waals surface area contributed by atoms with Crippen molar-refractivity contribution in [2.24, 2.45) is 5.73 Å². The fourth-order valence-corrected chi connectivity index (χ4v) is 2.22. The molecule has 0 saturated carbocycles. The van der Waals surface area contributed by atoms with Crippen molar-refractivity contribution in [2.75, 3.05) is 11.9 Å². The number of nitrogens with zero attached hydrogens (tertiary/aromatic N) is 2. The van der Waals surface area contributed by atoms with Crippen LogP contribution in [0.3, 0.4) is 0 Å². The van der Waals surface area contributed by atoms with Crippen LogP contribution in [0.2, 0.25) is 0 Å². The number of nitrogens with one attached hydrogen (secondary N) is 1. The SMILES string of the molecule is CC(CN)Nc1ccc2scnc2c1[N+](=O)[O-]. The molecule has 7 heteroatoms. The largest absolute Gasteiger partial charge is 0.376 e. The Morgan fingerprint density at radius 1 is 1.65 bits per heavy atom. The number of anilines is 1. The van der Waals surface area contributed by atoms with Crippen LogP contribution in [-0.4, -0.2) is 22.5 Å². The Kier molecular flexibility index (Phi) is 3.21. The second-order valence-electron chi connectivity index (χ2n) is 3.70. The molecule has 17 heavy (non-hydrogen) atoms. The lowest BCUT2D eigenvalue weighted by atomic mass is 10.2. The van der Waals surface area contributed by atoms with Gasteiger partial charge in [-0.3, -0.25) is 10.1 Å². The van der Waals surface area contributed by atoms with E-state index in [9.17, 15) is 10.1 Å². The van der Waals surface area contributed by atoms with Gasteiger partial charge >= 0.3 is 5.69 Å². The molecule has 2 rings (SSSR count). The number of thiazole rings is 1. The van der Waals surface area contributed by atoms with Crippen molar-refractivity contribution in [3.63, 3.8) is 0 Å². The van der Waals surface area contributed by atoms with Crippen LogP contribution in [0.4, 0.5) is 11.4 Å². The van der Waals surface area contributed by atoms with Crippen LogP contribution >= 0.6 is 11.3 Å². The summed E-state index contributed by atoms with van der Waals surface area (Å²) in [6, 6.07) is 3.50. The van der Waals surface area contributed by atoms with E-state index in [1.807, 2.05) is 13.0 Å². The van der Waals surface area contributed by atoms with E-state index in [1.54, 1.807) is 11.6 Å². The molecule has 3 N–H and O–H groups in total. The Morgan fingerprint density at radius 2 is 2.41 bits per heavy atom. The van der Waals surface area contributed by atoms with E-state index in [-0.39, 0.29) is 11.7 Å². The van der Waals surface area contributed by atoms with Gasteiger partial charge in [0.05, 0.1) is 15.1 Å². The van der Waals surface area contributed by atoms with Crippen molar-refractivity contribution in [1.29, 1.82) is 0 Å². The Morgan fingerprint density at radius 3 is 3.06 bits per heavy atom. The number of aromatic nitrogens is 1. The van der Waals surface area contributed by atoms with E-state index >= 15 is 0 Å². The number of nitro groups is 1. The summed E-state index contributed by atoms with van der Waals surface area (Å²) in [5, 5.41) is 14.1. The monoisotopic (exact) mass is 252 g/mol. The summed E-state index contributed by atoms with van der Waals surface area (Å²) in [7, 11) is 0. The first-order valence-electron chi connectivity index (χ1n) is 5.10. The Labute approximate surface area is 102 Å². The van der Waals surface area contributed by atoms with Crippen LogP contribution in [0.1, 0.15) is 6.92 Å². The molecule has 0 saturated heterocycles. The average molecular weight is 252 g/mol. The topological polar surface area (TPSA) is 94.1 Å².